The number of esters is 1. The fraction of sp³-hybridized carbons (Fsp3) is 0.429. The molecule has 1 aromatic carbocycles. The molecule has 110 valence electrons. The first kappa shape index (κ1) is 16.2. The lowest BCUT2D eigenvalue weighted by molar-refractivity contribution is -0.155. The third-order valence-corrected chi connectivity index (χ3v) is 3.13. The summed E-state index contributed by atoms with van der Waals surface area (Å²) in [5.74, 6) is -3.86. The first-order valence-corrected chi connectivity index (χ1v) is 5.90. The number of ether oxygens (including phenoxy) is 1. The van der Waals surface area contributed by atoms with Gasteiger partial charge in [-0.2, -0.15) is 13.2 Å². The summed E-state index contributed by atoms with van der Waals surface area (Å²) in [4.78, 5) is 23.4. The number of Topliss-reactive ketones (excluding diaryl/α,β-unsaturated/α-hetero) is 1. The van der Waals surface area contributed by atoms with E-state index in [9.17, 15) is 22.8 Å². The van der Waals surface area contributed by atoms with Crippen LogP contribution in [0.5, 0.6) is 0 Å². The van der Waals surface area contributed by atoms with Crippen molar-refractivity contribution < 1.29 is 27.5 Å². The number of carbonyl (C=O) groups excluding carboxylic acids is 2. The number of hydrogen-bond donors (Lipinski definition) is 0. The van der Waals surface area contributed by atoms with Gasteiger partial charge in [-0.1, -0.05) is 6.07 Å². The second kappa shape index (κ2) is 5.64. The number of ketones is 1. The molecular formula is C14H15F3O3. The first-order valence-electron chi connectivity index (χ1n) is 5.90. The smallest absolute Gasteiger partial charge is 0.398 e. The van der Waals surface area contributed by atoms with E-state index in [1.54, 1.807) is 6.92 Å². The van der Waals surface area contributed by atoms with Gasteiger partial charge < -0.3 is 4.74 Å². The number of methoxy groups -OCH3 is 1. The number of rotatable bonds is 3. The Morgan fingerprint density at radius 1 is 1.10 bits per heavy atom. The van der Waals surface area contributed by atoms with Gasteiger partial charge >= 0.3 is 12.1 Å². The molecule has 1 aromatic rings. The van der Waals surface area contributed by atoms with Crippen molar-refractivity contribution in [2.24, 2.45) is 5.92 Å². The van der Waals surface area contributed by atoms with E-state index in [4.69, 9.17) is 0 Å². The van der Waals surface area contributed by atoms with E-state index in [2.05, 4.69) is 4.74 Å². The van der Waals surface area contributed by atoms with Crippen LogP contribution >= 0.6 is 0 Å². The third kappa shape index (κ3) is 3.18. The summed E-state index contributed by atoms with van der Waals surface area (Å²) < 4.78 is 42.4. The van der Waals surface area contributed by atoms with Gasteiger partial charge in [0.25, 0.3) is 0 Å². The van der Waals surface area contributed by atoms with E-state index in [1.807, 2.05) is 0 Å². The van der Waals surface area contributed by atoms with Crippen molar-refractivity contribution in [3.8, 4) is 0 Å². The van der Waals surface area contributed by atoms with Crippen LogP contribution in [-0.4, -0.2) is 25.0 Å². The van der Waals surface area contributed by atoms with Crippen LogP contribution < -0.4 is 0 Å². The average Bonchev–Trinajstić information content (AvgIpc) is 2.35. The molecule has 20 heavy (non-hydrogen) atoms. The van der Waals surface area contributed by atoms with Gasteiger partial charge in [0.15, 0.2) is 5.78 Å². The normalized spacial score (nSPS) is 12.9. The summed E-state index contributed by atoms with van der Waals surface area (Å²) in [7, 11) is 1.17. The minimum absolute atomic E-state index is 0.0934. The van der Waals surface area contributed by atoms with Crippen molar-refractivity contribution in [1.82, 2.24) is 0 Å². The van der Waals surface area contributed by atoms with E-state index in [0.29, 0.717) is 11.1 Å². The van der Waals surface area contributed by atoms with Gasteiger partial charge in [0, 0.05) is 5.56 Å². The molecule has 0 aliphatic heterocycles. The van der Waals surface area contributed by atoms with Crippen LogP contribution in [0.3, 0.4) is 0 Å². The fourth-order valence-electron chi connectivity index (χ4n) is 1.83. The molecule has 0 spiro atoms. The zero-order chi connectivity index (χ0) is 15.7. The Hall–Kier alpha value is -1.85. The van der Waals surface area contributed by atoms with E-state index >= 15 is 0 Å². The third-order valence-electron chi connectivity index (χ3n) is 3.13. The molecular weight excluding hydrogens is 273 g/mol. The zero-order valence-corrected chi connectivity index (χ0v) is 11.6. The Kier molecular flexibility index (Phi) is 4.57. The lowest BCUT2D eigenvalue weighted by Crippen LogP contribution is -2.28. The van der Waals surface area contributed by atoms with Crippen molar-refractivity contribution in [3.05, 3.63) is 34.4 Å². The van der Waals surface area contributed by atoms with Crippen molar-refractivity contribution in [2.45, 2.75) is 26.9 Å². The quantitative estimate of drug-likeness (QED) is 0.632. The second-order valence-electron chi connectivity index (χ2n) is 4.60. The highest BCUT2D eigenvalue weighted by atomic mass is 19.4. The predicted molar refractivity (Wildman–Crippen MR) is 66.8 cm³/mol. The summed E-state index contributed by atoms with van der Waals surface area (Å²) >= 11 is 0. The average molecular weight is 288 g/mol. The molecule has 0 saturated carbocycles. The zero-order valence-electron chi connectivity index (χ0n) is 11.6. The van der Waals surface area contributed by atoms with Crippen molar-refractivity contribution >= 4 is 11.8 Å². The molecule has 3 nitrogen and oxygen atoms in total. The number of alkyl halides is 3. The number of halogens is 3. The largest absolute Gasteiger partial charge is 0.465 e. The van der Waals surface area contributed by atoms with Gasteiger partial charge in [-0.3, -0.25) is 4.79 Å². The van der Waals surface area contributed by atoms with E-state index in [0.717, 1.165) is 6.92 Å². The number of aryl methyl sites for hydroxylation is 2. The van der Waals surface area contributed by atoms with Crippen LogP contribution in [0.4, 0.5) is 13.2 Å². The van der Waals surface area contributed by atoms with E-state index in [1.165, 1.54) is 26.2 Å². The second-order valence-corrected chi connectivity index (χ2v) is 4.60. The van der Waals surface area contributed by atoms with Gasteiger partial charge in [-0.05, 0) is 38.0 Å². The highest BCUT2D eigenvalue weighted by molar-refractivity contribution is 6.02. The van der Waals surface area contributed by atoms with Crippen LogP contribution in [0.2, 0.25) is 0 Å². The maximum absolute atomic E-state index is 12.6. The summed E-state index contributed by atoms with van der Waals surface area (Å²) in [5.41, 5.74) is 0.929. The van der Waals surface area contributed by atoms with Crippen LogP contribution in [-0.2, 0) is 4.74 Å². The summed E-state index contributed by atoms with van der Waals surface area (Å²) in [6.45, 7) is 3.96. The van der Waals surface area contributed by atoms with E-state index < -0.39 is 23.8 Å². The molecule has 1 rings (SSSR count). The van der Waals surface area contributed by atoms with Crippen molar-refractivity contribution in [1.29, 1.82) is 0 Å². The van der Waals surface area contributed by atoms with Gasteiger partial charge in [0.2, 0.25) is 0 Å². The molecule has 0 fully saturated rings. The highest BCUT2D eigenvalue weighted by Crippen LogP contribution is 2.30. The summed E-state index contributed by atoms with van der Waals surface area (Å²) in [6.07, 6.45) is -4.61. The van der Waals surface area contributed by atoms with Gasteiger partial charge in [-0.25, -0.2) is 4.79 Å². The van der Waals surface area contributed by atoms with Gasteiger partial charge in [0.05, 0.1) is 12.7 Å². The lowest BCUT2D eigenvalue weighted by Gasteiger charge is -2.17. The van der Waals surface area contributed by atoms with Crippen LogP contribution in [0.1, 0.15) is 38.8 Å². The maximum atomic E-state index is 12.6. The Bertz CT molecular complexity index is 547. The van der Waals surface area contributed by atoms with Crippen LogP contribution in [0, 0.1) is 19.8 Å². The Labute approximate surface area is 114 Å². The molecule has 0 N–H and O–H groups in total. The van der Waals surface area contributed by atoms with E-state index in [-0.39, 0.29) is 11.1 Å². The first-order chi connectivity index (χ1) is 9.09. The fourth-order valence-corrected chi connectivity index (χ4v) is 1.83. The van der Waals surface area contributed by atoms with Crippen molar-refractivity contribution in [3.63, 3.8) is 0 Å². The van der Waals surface area contributed by atoms with Crippen LogP contribution in [0.15, 0.2) is 12.1 Å². The highest BCUT2D eigenvalue weighted by Gasteiger charge is 2.41. The molecule has 1 unspecified atom stereocenters. The molecule has 1 atom stereocenters. The molecule has 0 saturated heterocycles. The number of hydrogen-bond acceptors (Lipinski definition) is 3. The lowest BCUT2D eigenvalue weighted by atomic mass is 9.92. The Balaban J connectivity index is 3.32. The van der Waals surface area contributed by atoms with Crippen LogP contribution in [0.25, 0.3) is 0 Å². The molecule has 0 aliphatic carbocycles. The standard InChI is InChI=1S/C14H15F3O3/c1-7-5-8(2)11(13(19)20-4)6-10(7)12(18)9(3)14(15,16)17/h5-6,9H,1-4H3. The van der Waals surface area contributed by atoms with Gasteiger partial charge in [-0.15, -0.1) is 0 Å². The SMILES string of the molecule is COC(=O)c1cc(C(=O)C(C)C(F)(F)F)c(C)cc1C. The number of carbonyl (C=O) groups is 2. The molecule has 0 radical (unpaired) electrons. The molecule has 6 heteroatoms. The maximum Gasteiger partial charge on any atom is 0.398 e. The molecule has 0 aliphatic rings. The Morgan fingerprint density at radius 2 is 1.60 bits per heavy atom. The molecule has 0 bridgehead atoms. The molecule has 0 aromatic heterocycles. The van der Waals surface area contributed by atoms with Crippen molar-refractivity contribution in [2.75, 3.05) is 7.11 Å². The predicted octanol–water partition coefficient (Wildman–Crippen LogP) is 3.47. The minimum Gasteiger partial charge on any atom is -0.465 e. The molecule has 0 amide bonds. The summed E-state index contributed by atoms with van der Waals surface area (Å²) in [5, 5.41) is 0. The topological polar surface area (TPSA) is 43.4 Å². The minimum atomic E-state index is -4.61. The summed E-state index contributed by atoms with van der Waals surface area (Å²) in [6, 6.07) is 2.67. The monoisotopic (exact) mass is 288 g/mol. The Morgan fingerprint density at radius 3 is 2.05 bits per heavy atom. The number of benzene rings is 1. The van der Waals surface area contributed by atoms with Gasteiger partial charge in [0.1, 0.15) is 5.92 Å². The molecule has 0 heterocycles.